The molecular formula is C15H25NS. The van der Waals surface area contributed by atoms with Crippen LogP contribution < -0.4 is 5.32 Å². The van der Waals surface area contributed by atoms with E-state index >= 15 is 0 Å². The van der Waals surface area contributed by atoms with Gasteiger partial charge in [0.05, 0.1) is 0 Å². The van der Waals surface area contributed by atoms with Gasteiger partial charge < -0.3 is 5.32 Å². The monoisotopic (exact) mass is 251 g/mol. The molecule has 0 fully saturated rings. The average Bonchev–Trinajstić information content (AvgIpc) is 2.89. The molecule has 96 valence electrons. The lowest BCUT2D eigenvalue weighted by Gasteiger charge is -2.25. The van der Waals surface area contributed by atoms with Gasteiger partial charge in [0, 0.05) is 15.8 Å². The van der Waals surface area contributed by atoms with Crippen molar-refractivity contribution in [2.75, 3.05) is 6.54 Å². The first-order valence-corrected chi connectivity index (χ1v) is 7.96. The molecule has 0 spiro atoms. The van der Waals surface area contributed by atoms with Crippen molar-refractivity contribution in [3.63, 3.8) is 0 Å². The van der Waals surface area contributed by atoms with Crippen LogP contribution in [0.1, 0.15) is 61.4 Å². The van der Waals surface area contributed by atoms with Crippen LogP contribution in [0.25, 0.3) is 0 Å². The number of fused-ring (bicyclic) bond motifs is 1. The Bertz CT molecular complexity index is 330. The van der Waals surface area contributed by atoms with E-state index in [-0.39, 0.29) is 0 Å². The second-order valence-electron chi connectivity index (χ2n) is 5.06. The number of hydrogen-bond donors (Lipinski definition) is 1. The normalized spacial score (nSPS) is 16.5. The number of thiophene rings is 1. The van der Waals surface area contributed by atoms with Crippen LogP contribution in [-0.2, 0) is 12.8 Å². The van der Waals surface area contributed by atoms with Crippen LogP contribution in [0.3, 0.4) is 0 Å². The maximum Gasteiger partial charge on any atom is 0.0443 e. The summed E-state index contributed by atoms with van der Waals surface area (Å²) in [6, 6.07) is 3.07. The highest BCUT2D eigenvalue weighted by atomic mass is 32.1. The smallest absolute Gasteiger partial charge is 0.0443 e. The van der Waals surface area contributed by atoms with E-state index in [1.54, 1.807) is 15.3 Å². The van der Waals surface area contributed by atoms with Gasteiger partial charge in [0.2, 0.25) is 0 Å². The van der Waals surface area contributed by atoms with Crippen LogP contribution in [0.2, 0.25) is 0 Å². The van der Waals surface area contributed by atoms with Crippen molar-refractivity contribution >= 4 is 11.3 Å². The highest BCUT2D eigenvalue weighted by molar-refractivity contribution is 7.12. The molecule has 17 heavy (non-hydrogen) atoms. The van der Waals surface area contributed by atoms with E-state index in [9.17, 15) is 0 Å². The summed E-state index contributed by atoms with van der Waals surface area (Å²) < 4.78 is 0. The van der Waals surface area contributed by atoms with Crippen LogP contribution in [0.4, 0.5) is 0 Å². The van der Waals surface area contributed by atoms with Gasteiger partial charge in [-0.1, -0.05) is 33.6 Å². The molecule has 1 aliphatic carbocycles. The molecule has 0 amide bonds. The summed E-state index contributed by atoms with van der Waals surface area (Å²) in [5, 5.41) is 3.70. The summed E-state index contributed by atoms with van der Waals surface area (Å²) in [7, 11) is 0. The zero-order chi connectivity index (χ0) is 12.3. The minimum atomic E-state index is 0.589. The Balaban J connectivity index is 2.19. The highest BCUT2D eigenvalue weighted by Gasteiger charge is 2.24. The molecule has 1 heterocycles. The van der Waals surface area contributed by atoms with Crippen molar-refractivity contribution in [2.24, 2.45) is 5.92 Å². The quantitative estimate of drug-likeness (QED) is 0.794. The second-order valence-corrected chi connectivity index (χ2v) is 6.23. The van der Waals surface area contributed by atoms with Crippen molar-refractivity contribution in [1.82, 2.24) is 5.32 Å². The third-order valence-electron chi connectivity index (χ3n) is 4.02. The van der Waals surface area contributed by atoms with Gasteiger partial charge in [-0.05, 0) is 43.4 Å². The fraction of sp³-hybridized carbons (Fsp3) is 0.733. The van der Waals surface area contributed by atoms with Gasteiger partial charge in [-0.3, -0.25) is 0 Å². The van der Waals surface area contributed by atoms with Crippen molar-refractivity contribution in [1.29, 1.82) is 0 Å². The third-order valence-corrected chi connectivity index (χ3v) is 5.34. The Kier molecular flexibility index (Phi) is 4.63. The fourth-order valence-electron chi connectivity index (χ4n) is 2.98. The lowest BCUT2D eigenvalue weighted by Crippen LogP contribution is -2.27. The summed E-state index contributed by atoms with van der Waals surface area (Å²) >= 11 is 2.07. The summed E-state index contributed by atoms with van der Waals surface area (Å²) in [6.07, 6.45) is 6.56. The van der Waals surface area contributed by atoms with Gasteiger partial charge >= 0.3 is 0 Å². The summed E-state index contributed by atoms with van der Waals surface area (Å²) in [5.41, 5.74) is 1.64. The van der Waals surface area contributed by atoms with Gasteiger partial charge in [-0.25, -0.2) is 0 Å². The van der Waals surface area contributed by atoms with Crippen molar-refractivity contribution in [3.8, 4) is 0 Å². The van der Waals surface area contributed by atoms with E-state index in [1.807, 2.05) is 0 Å². The Morgan fingerprint density at radius 1 is 1.24 bits per heavy atom. The fourth-order valence-corrected chi connectivity index (χ4v) is 4.41. The minimum absolute atomic E-state index is 0.589. The predicted octanol–water partition coefficient (Wildman–Crippen LogP) is 4.32. The summed E-state index contributed by atoms with van der Waals surface area (Å²) in [5.74, 6) is 0.786. The van der Waals surface area contributed by atoms with Crippen LogP contribution in [0, 0.1) is 5.92 Å². The molecule has 1 aliphatic rings. The third kappa shape index (κ3) is 2.74. The molecule has 0 saturated carbocycles. The first-order chi connectivity index (χ1) is 8.30. The molecule has 2 rings (SSSR count). The zero-order valence-corrected chi connectivity index (χ0v) is 12.2. The largest absolute Gasteiger partial charge is 0.309 e. The van der Waals surface area contributed by atoms with Crippen LogP contribution in [0.15, 0.2) is 6.07 Å². The molecule has 1 nitrogen and oxygen atoms in total. The Labute approximate surface area is 110 Å². The van der Waals surface area contributed by atoms with Gasteiger partial charge in [0.15, 0.2) is 0 Å². The molecule has 0 aromatic carbocycles. The molecule has 1 unspecified atom stereocenters. The number of nitrogens with one attached hydrogen (secondary N) is 1. The number of rotatable bonds is 6. The lowest BCUT2D eigenvalue weighted by molar-refractivity contribution is 0.351. The molecule has 0 bridgehead atoms. The minimum Gasteiger partial charge on any atom is -0.309 e. The molecule has 2 heteroatoms. The van der Waals surface area contributed by atoms with E-state index < -0.39 is 0 Å². The van der Waals surface area contributed by atoms with Crippen LogP contribution in [-0.4, -0.2) is 6.54 Å². The second kappa shape index (κ2) is 6.01. The lowest BCUT2D eigenvalue weighted by atomic mass is 9.92. The van der Waals surface area contributed by atoms with Crippen molar-refractivity contribution in [3.05, 3.63) is 21.4 Å². The van der Waals surface area contributed by atoms with Gasteiger partial charge in [0.1, 0.15) is 0 Å². The number of hydrogen-bond acceptors (Lipinski definition) is 2. The van der Waals surface area contributed by atoms with Crippen LogP contribution in [0.5, 0.6) is 0 Å². The summed E-state index contributed by atoms with van der Waals surface area (Å²) in [4.78, 5) is 3.25. The highest BCUT2D eigenvalue weighted by Crippen LogP contribution is 2.37. The van der Waals surface area contributed by atoms with Gasteiger partial charge in [-0.2, -0.15) is 0 Å². The molecule has 1 atom stereocenters. The van der Waals surface area contributed by atoms with Crippen molar-refractivity contribution in [2.45, 2.75) is 58.9 Å². The van der Waals surface area contributed by atoms with E-state index in [2.05, 4.69) is 43.5 Å². The molecule has 0 radical (unpaired) electrons. The average molecular weight is 251 g/mol. The van der Waals surface area contributed by atoms with E-state index in [4.69, 9.17) is 0 Å². The van der Waals surface area contributed by atoms with E-state index in [1.165, 1.54) is 32.1 Å². The van der Waals surface area contributed by atoms with Gasteiger partial charge in [-0.15, -0.1) is 11.3 Å². The predicted molar refractivity (Wildman–Crippen MR) is 76.8 cm³/mol. The molecule has 0 aliphatic heterocycles. The molecule has 0 saturated heterocycles. The first kappa shape index (κ1) is 13.1. The maximum atomic E-state index is 3.70. The molecular weight excluding hydrogens is 226 g/mol. The molecule has 1 aromatic heterocycles. The standard InChI is InChI=1S/C15H25NS/c1-4-11(5-2)15(16-6-3)14-10-12-8-7-9-13(12)17-14/h10-11,15-16H,4-9H2,1-3H3. The topological polar surface area (TPSA) is 12.0 Å². The Hall–Kier alpha value is -0.340. The summed E-state index contributed by atoms with van der Waals surface area (Å²) in [6.45, 7) is 7.93. The molecule has 1 aromatic rings. The number of aryl methyl sites for hydroxylation is 2. The van der Waals surface area contributed by atoms with Gasteiger partial charge in [0.25, 0.3) is 0 Å². The molecule has 1 N–H and O–H groups in total. The maximum absolute atomic E-state index is 3.70. The first-order valence-electron chi connectivity index (χ1n) is 7.14. The van der Waals surface area contributed by atoms with Crippen molar-refractivity contribution < 1.29 is 0 Å². The Morgan fingerprint density at radius 3 is 2.59 bits per heavy atom. The van der Waals surface area contributed by atoms with E-state index in [0.717, 1.165) is 12.5 Å². The zero-order valence-electron chi connectivity index (χ0n) is 11.4. The van der Waals surface area contributed by atoms with Crippen LogP contribution >= 0.6 is 11.3 Å². The Morgan fingerprint density at radius 2 is 2.00 bits per heavy atom. The van der Waals surface area contributed by atoms with E-state index in [0.29, 0.717) is 6.04 Å². The SMILES string of the molecule is CCNC(c1cc2c(s1)CCC2)C(CC)CC.